The molecule has 0 radical (unpaired) electrons. The molecule has 0 fully saturated rings. The number of fused-ring (bicyclic) bond motifs is 1. The summed E-state index contributed by atoms with van der Waals surface area (Å²) < 4.78 is 5.07. The van der Waals surface area contributed by atoms with Crippen LogP contribution in [0.5, 0.6) is 5.75 Å². The maximum atomic E-state index is 10.7. The number of hydrogen-bond donors (Lipinski definition) is 2. The first-order chi connectivity index (χ1) is 7.58. The van der Waals surface area contributed by atoms with Crippen molar-refractivity contribution in [3.05, 3.63) is 24.0 Å². The molecular weight excluding hydrogens is 210 g/mol. The minimum atomic E-state index is -0.885. The number of aromatic hydroxyl groups is 1. The fraction of sp³-hybridized carbons (Fsp3) is 0.273. The molecule has 2 aromatic rings. The molecule has 0 saturated carbocycles. The van der Waals surface area contributed by atoms with Crippen LogP contribution in [-0.2, 0) is 11.2 Å². The van der Waals surface area contributed by atoms with E-state index in [1.54, 1.807) is 13.0 Å². The van der Waals surface area contributed by atoms with E-state index in [0.717, 1.165) is 0 Å². The topological polar surface area (TPSA) is 83.6 Å². The van der Waals surface area contributed by atoms with Gasteiger partial charge in [0.1, 0.15) is 17.0 Å². The first kappa shape index (κ1) is 10.5. The van der Waals surface area contributed by atoms with Gasteiger partial charge in [-0.15, -0.1) is 0 Å². The lowest BCUT2D eigenvalue weighted by Crippen LogP contribution is -2.11. The molecule has 1 heterocycles. The maximum absolute atomic E-state index is 10.7. The summed E-state index contributed by atoms with van der Waals surface area (Å²) in [5, 5.41) is 22.6. The second kappa shape index (κ2) is 3.84. The predicted molar refractivity (Wildman–Crippen MR) is 56.2 cm³/mol. The molecule has 0 amide bonds. The quantitative estimate of drug-likeness (QED) is 0.825. The molecule has 0 saturated heterocycles. The van der Waals surface area contributed by atoms with Crippen molar-refractivity contribution in [2.75, 3.05) is 0 Å². The number of hydrogen-bond acceptors (Lipinski definition) is 4. The maximum Gasteiger partial charge on any atom is 0.306 e. The lowest BCUT2D eigenvalue weighted by atomic mass is 10.0. The Morgan fingerprint density at radius 2 is 2.31 bits per heavy atom. The van der Waals surface area contributed by atoms with Crippen molar-refractivity contribution >= 4 is 16.9 Å². The predicted octanol–water partition coefficient (Wildman–Crippen LogP) is 1.80. The normalized spacial score (nSPS) is 12.8. The number of aromatic nitrogens is 1. The minimum absolute atomic E-state index is 0.111. The van der Waals surface area contributed by atoms with Crippen LogP contribution in [0.25, 0.3) is 10.9 Å². The SMILES string of the molecule is CC(Cc1onc2ccc(O)cc12)C(=O)O. The number of benzene rings is 1. The third kappa shape index (κ3) is 1.84. The molecule has 0 bridgehead atoms. The Labute approximate surface area is 91.3 Å². The van der Waals surface area contributed by atoms with Gasteiger partial charge in [-0.1, -0.05) is 12.1 Å². The van der Waals surface area contributed by atoms with E-state index in [0.29, 0.717) is 16.7 Å². The van der Waals surface area contributed by atoms with E-state index in [1.165, 1.54) is 12.1 Å². The van der Waals surface area contributed by atoms with Gasteiger partial charge in [-0.05, 0) is 18.2 Å². The van der Waals surface area contributed by atoms with E-state index in [-0.39, 0.29) is 12.2 Å². The summed E-state index contributed by atoms with van der Waals surface area (Å²) in [6.07, 6.45) is 0.259. The number of phenolic OH excluding ortho intramolecular Hbond substituents is 1. The van der Waals surface area contributed by atoms with E-state index in [1.807, 2.05) is 0 Å². The van der Waals surface area contributed by atoms with Crippen LogP contribution in [0.4, 0.5) is 0 Å². The van der Waals surface area contributed by atoms with Gasteiger partial charge in [-0.2, -0.15) is 0 Å². The molecule has 1 aromatic heterocycles. The fourth-order valence-electron chi connectivity index (χ4n) is 1.49. The Bertz CT molecular complexity index is 532. The molecule has 5 nitrogen and oxygen atoms in total. The molecule has 0 aliphatic rings. The smallest absolute Gasteiger partial charge is 0.306 e. The van der Waals surface area contributed by atoms with Gasteiger partial charge < -0.3 is 14.7 Å². The molecule has 16 heavy (non-hydrogen) atoms. The van der Waals surface area contributed by atoms with E-state index in [2.05, 4.69) is 5.16 Å². The number of rotatable bonds is 3. The molecule has 0 aliphatic heterocycles. The second-order valence-electron chi connectivity index (χ2n) is 3.75. The Hall–Kier alpha value is -2.04. The van der Waals surface area contributed by atoms with Crippen molar-refractivity contribution in [3.63, 3.8) is 0 Å². The number of phenols is 1. The first-order valence-electron chi connectivity index (χ1n) is 4.88. The summed E-state index contributed by atoms with van der Waals surface area (Å²) >= 11 is 0. The molecule has 2 rings (SSSR count). The number of aliphatic carboxylic acids is 1. The highest BCUT2D eigenvalue weighted by Crippen LogP contribution is 2.24. The lowest BCUT2D eigenvalue weighted by Gasteiger charge is -2.02. The summed E-state index contributed by atoms with van der Waals surface area (Å²) in [7, 11) is 0. The number of carboxylic acid groups (broad SMARTS) is 1. The monoisotopic (exact) mass is 221 g/mol. The first-order valence-corrected chi connectivity index (χ1v) is 4.88. The van der Waals surface area contributed by atoms with Crippen molar-refractivity contribution in [1.29, 1.82) is 0 Å². The Kier molecular flexibility index (Phi) is 2.52. The zero-order valence-corrected chi connectivity index (χ0v) is 8.67. The van der Waals surface area contributed by atoms with Gasteiger partial charge in [0.25, 0.3) is 0 Å². The minimum Gasteiger partial charge on any atom is -0.508 e. The van der Waals surface area contributed by atoms with Crippen LogP contribution < -0.4 is 0 Å². The highest BCUT2D eigenvalue weighted by molar-refractivity contribution is 5.82. The fourth-order valence-corrected chi connectivity index (χ4v) is 1.49. The van der Waals surface area contributed by atoms with Crippen molar-refractivity contribution in [2.45, 2.75) is 13.3 Å². The summed E-state index contributed by atoms with van der Waals surface area (Å²) in [6.45, 7) is 1.60. The zero-order valence-electron chi connectivity index (χ0n) is 8.67. The van der Waals surface area contributed by atoms with Crippen LogP contribution >= 0.6 is 0 Å². The molecule has 1 aromatic carbocycles. The van der Waals surface area contributed by atoms with Crippen molar-refractivity contribution in [1.82, 2.24) is 5.16 Å². The van der Waals surface area contributed by atoms with E-state index in [4.69, 9.17) is 9.63 Å². The van der Waals surface area contributed by atoms with E-state index in [9.17, 15) is 9.90 Å². The second-order valence-corrected chi connectivity index (χ2v) is 3.75. The lowest BCUT2D eigenvalue weighted by molar-refractivity contribution is -0.141. The summed E-state index contributed by atoms with van der Waals surface area (Å²) in [4.78, 5) is 10.7. The third-order valence-corrected chi connectivity index (χ3v) is 2.45. The summed E-state index contributed by atoms with van der Waals surface area (Å²) in [6, 6.07) is 4.66. The van der Waals surface area contributed by atoms with E-state index < -0.39 is 11.9 Å². The molecule has 1 unspecified atom stereocenters. The van der Waals surface area contributed by atoms with Crippen molar-refractivity contribution in [2.24, 2.45) is 5.92 Å². The van der Waals surface area contributed by atoms with Crippen LogP contribution in [0.2, 0.25) is 0 Å². The van der Waals surface area contributed by atoms with Gasteiger partial charge in [-0.25, -0.2) is 0 Å². The molecule has 5 heteroatoms. The van der Waals surface area contributed by atoms with E-state index >= 15 is 0 Å². The van der Waals surface area contributed by atoms with Gasteiger partial charge in [0, 0.05) is 11.8 Å². The van der Waals surface area contributed by atoms with Crippen LogP contribution in [0, 0.1) is 5.92 Å². The summed E-state index contributed by atoms with van der Waals surface area (Å²) in [5.41, 5.74) is 0.616. The molecule has 0 aliphatic carbocycles. The molecule has 2 N–H and O–H groups in total. The molecular formula is C11H11NO4. The molecule has 1 atom stereocenters. The van der Waals surface area contributed by atoms with Gasteiger partial charge in [0.05, 0.1) is 5.92 Å². The van der Waals surface area contributed by atoms with Crippen molar-refractivity contribution < 1.29 is 19.5 Å². The van der Waals surface area contributed by atoms with Crippen LogP contribution in [0.3, 0.4) is 0 Å². The number of carbonyl (C=O) groups is 1. The Balaban J connectivity index is 2.37. The number of nitrogens with zero attached hydrogens (tertiary/aromatic N) is 1. The van der Waals surface area contributed by atoms with Crippen LogP contribution in [-0.4, -0.2) is 21.3 Å². The zero-order chi connectivity index (χ0) is 11.7. The molecule has 0 spiro atoms. The van der Waals surface area contributed by atoms with Gasteiger partial charge >= 0.3 is 5.97 Å². The average Bonchev–Trinajstić information content (AvgIpc) is 2.61. The van der Waals surface area contributed by atoms with Crippen molar-refractivity contribution in [3.8, 4) is 5.75 Å². The highest BCUT2D eigenvalue weighted by Gasteiger charge is 2.17. The standard InChI is InChI=1S/C11H11NO4/c1-6(11(14)15)4-10-8-5-7(13)2-3-9(8)12-16-10/h2-3,5-6,13H,4H2,1H3,(H,14,15). The van der Waals surface area contributed by atoms with Gasteiger partial charge in [0.15, 0.2) is 0 Å². The number of carboxylic acids is 1. The molecule has 84 valence electrons. The largest absolute Gasteiger partial charge is 0.508 e. The van der Waals surface area contributed by atoms with Crippen LogP contribution in [0.15, 0.2) is 22.7 Å². The Morgan fingerprint density at radius 1 is 1.56 bits per heavy atom. The average molecular weight is 221 g/mol. The Morgan fingerprint density at radius 3 is 3.00 bits per heavy atom. The summed E-state index contributed by atoms with van der Waals surface area (Å²) in [5.74, 6) is -0.830. The highest BCUT2D eigenvalue weighted by atomic mass is 16.5. The third-order valence-electron chi connectivity index (χ3n) is 2.45. The van der Waals surface area contributed by atoms with Crippen LogP contribution in [0.1, 0.15) is 12.7 Å². The van der Waals surface area contributed by atoms with Gasteiger partial charge in [-0.3, -0.25) is 4.79 Å². The van der Waals surface area contributed by atoms with Gasteiger partial charge in [0.2, 0.25) is 0 Å².